The van der Waals surface area contributed by atoms with Crippen LogP contribution in [-0.4, -0.2) is 59.9 Å². The Bertz CT molecular complexity index is 381. The maximum atomic E-state index is 10.6. The van der Waals surface area contributed by atoms with E-state index in [1.807, 2.05) is 0 Å². The quantitative estimate of drug-likeness (QED) is 0.625. The first kappa shape index (κ1) is 23.6. The Kier molecular flexibility index (Phi) is 10.00. The summed E-state index contributed by atoms with van der Waals surface area (Å²) >= 11 is 0. The zero-order chi connectivity index (χ0) is 18.5. The fraction of sp³-hybridized carbons (Fsp3) is 1.00. The van der Waals surface area contributed by atoms with Crippen LogP contribution in [0.4, 0.5) is 0 Å². The van der Waals surface area contributed by atoms with Crippen molar-refractivity contribution in [2.45, 2.75) is 102 Å². The van der Waals surface area contributed by atoms with Gasteiger partial charge in [-0.3, -0.25) is 0 Å². The van der Waals surface area contributed by atoms with Gasteiger partial charge in [-0.2, -0.15) is 12.1 Å². The molecule has 1 saturated carbocycles. The third-order valence-corrected chi connectivity index (χ3v) is 6.56. The molecule has 1 radical (unpaired) electrons. The van der Waals surface area contributed by atoms with Gasteiger partial charge in [-0.05, 0) is 11.8 Å². The van der Waals surface area contributed by atoms with Crippen molar-refractivity contribution in [1.29, 1.82) is 0 Å². The molecule has 8 unspecified atom stereocenters. The first-order chi connectivity index (χ1) is 12.5. The number of hydrogen-bond donors (Lipinski definition) is 2. The van der Waals surface area contributed by atoms with Gasteiger partial charge in [0.25, 0.3) is 0 Å². The minimum absolute atomic E-state index is 0. The van der Waals surface area contributed by atoms with Crippen LogP contribution < -0.4 is 0 Å². The van der Waals surface area contributed by atoms with Crippen molar-refractivity contribution in [2.24, 2.45) is 11.8 Å². The maximum Gasteiger partial charge on any atom is 0 e. The van der Waals surface area contributed by atoms with Crippen LogP contribution in [0.25, 0.3) is 21.3 Å². The summed E-state index contributed by atoms with van der Waals surface area (Å²) in [6.45, 7) is 6.19. The molecule has 1 aliphatic carbocycles. The number of rotatable bonds is 6. The third kappa shape index (κ3) is 6.65. The molecule has 3 rings (SSSR count). The van der Waals surface area contributed by atoms with Gasteiger partial charge in [-0.25, -0.2) is 0 Å². The minimum atomic E-state index is -0.727. The summed E-state index contributed by atoms with van der Waals surface area (Å²) in [6.07, 6.45) is 6.73. The monoisotopic (exact) mass is 427 g/mol. The zero-order valence-electron chi connectivity index (χ0n) is 16.7. The number of aliphatic hydroxyl groups excluding tert-OH is 2. The molecule has 27 heavy (non-hydrogen) atoms. The Morgan fingerprint density at radius 2 is 1.15 bits per heavy atom. The molecule has 0 aromatic carbocycles. The standard InChI is InChI=1S/C20H36N4O2.Cu/c1-13-11-17(23-19(25)15-7-3-5-9-21-15)18(12-14(13)2)24-20(26)16-8-4-6-10-22-16;/h13-20,25-26H,3-12H2,1-2H3;/q-4;. The molecule has 8 atom stereocenters. The van der Waals surface area contributed by atoms with E-state index >= 15 is 0 Å². The van der Waals surface area contributed by atoms with Gasteiger partial charge in [0.05, 0.1) is 0 Å². The van der Waals surface area contributed by atoms with Crippen LogP contribution in [0.2, 0.25) is 0 Å². The summed E-state index contributed by atoms with van der Waals surface area (Å²) in [5, 5.41) is 39.8. The fourth-order valence-corrected chi connectivity index (χ4v) is 4.57. The van der Waals surface area contributed by atoms with Crippen LogP contribution in [0, 0.1) is 11.8 Å². The summed E-state index contributed by atoms with van der Waals surface area (Å²) in [7, 11) is 0. The molecule has 6 nitrogen and oxygen atoms in total. The summed E-state index contributed by atoms with van der Waals surface area (Å²) in [5.74, 6) is 1.12. The summed E-state index contributed by atoms with van der Waals surface area (Å²) in [6, 6.07) is -0.159. The van der Waals surface area contributed by atoms with Crippen molar-refractivity contribution in [3.05, 3.63) is 21.3 Å². The van der Waals surface area contributed by atoms with Gasteiger partial charge in [-0.1, -0.05) is 77.7 Å². The molecule has 3 aliphatic rings. The molecular formula is C20H36CuN4O2-4. The first-order valence-corrected chi connectivity index (χ1v) is 10.6. The van der Waals surface area contributed by atoms with Crippen LogP contribution in [0.15, 0.2) is 0 Å². The molecule has 7 heteroatoms. The molecule has 0 spiro atoms. The van der Waals surface area contributed by atoms with E-state index in [1.54, 1.807) is 0 Å². The predicted molar refractivity (Wildman–Crippen MR) is 106 cm³/mol. The van der Waals surface area contributed by atoms with Gasteiger partial charge in [0.15, 0.2) is 0 Å². The van der Waals surface area contributed by atoms with Gasteiger partial charge >= 0.3 is 0 Å². The first-order valence-electron chi connectivity index (χ1n) is 10.6. The van der Waals surface area contributed by atoms with E-state index in [1.165, 1.54) is 0 Å². The smallest absolute Gasteiger partial charge is 0 e. The van der Waals surface area contributed by atoms with Gasteiger partial charge in [0.1, 0.15) is 0 Å². The van der Waals surface area contributed by atoms with E-state index in [-0.39, 0.29) is 41.2 Å². The van der Waals surface area contributed by atoms with E-state index in [0.29, 0.717) is 11.8 Å². The van der Waals surface area contributed by atoms with E-state index in [2.05, 4.69) is 24.5 Å². The Balaban J connectivity index is 0.00000261. The van der Waals surface area contributed by atoms with Crippen LogP contribution >= 0.6 is 0 Å². The van der Waals surface area contributed by atoms with Crippen molar-refractivity contribution < 1.29 is 27.3 Å². The maximum absolute atomic E-state index is 10.6. The van der Waals surface area contributed by atoms with Crippen molar-refractivity contribution in [1.82, 2.24) is 0 Å². The molecule has 0 aromatic heterocycles. The largest absolute Gasteiger partial charge is 0.659 e. The average Bonchev–Trinajstić information content (AvgIpc) is 2.67. The predicted octanol–water partition coefficient (Wildman–Crippen LogP) is 4.02. The second kappa shape index (κ2) is 11.5. The summed E-state index contributed by atoms with van der Waals surface area (Å²) < 4.78 is 0. The minimum Gasteiger partial charge on any atom is -0.659 e. The molecule has 2 saturated heterocycles. The van der Waals surface area contributed by atoms with E-state index in [4.69, 9.17) is 10.6 Å². The Labute approximate surface area is 175 Å². The number of piperidine rings is 2. The van der Waals surface area contributed by atoms with Crippen LogP contribution in [0.3, 0.4) is 0 Å². The molecule has 2 N–H and O–H groups in total. The van der Waals surface area contributed by atoms with Crippen molar-refractivity contribution in [3.63, 3.8) is 0 Å². The second-order valence-corrected chi connectivity index (χ2v) is 8.62. The SMILES string of the molecule is CC1CC([N-]C(O)C2CCCC[N-]2)C([N-]C(O)C2CCCC[N-]2)CC1C.[Cu]. The number of aliphatic hydroxyl groups is 2. The van der Waals surface area contributed by atoms with Crippen molar-refractivity contribution in [3.8, 4) is 0 Å². The normalized spacial score (nSPS) is 40.0. The third-order valence-electron chi connectivity index (χ3n) is 6.56. The van der Waals surface area contributed by atoms with Crippen LogP contribution in [0.1, 0.15) is 65.2 Å². The van der Waals surface area contributed by atoms with Gasteiger partial charge in [0, 0.05) is 17.1 Å². The average molecular weight is 428 g/mol. The Morgan fingerprint density at radius 1 is 0.741 bits per heavy atom. The molecular weight excluding hydrogens is 392 g/mol. The molecule has 163 valence electrons. The Morgan fingerprint density at radius 3 is 1.48 bits per heavy atom. The van der Waals surface area contributed by atoms with E-state index in [0.717, 1.165) is 64.5 Å². The van der Waals surface area contributed by atoms with Crippen LogP contribution in [-0.2, 0) is 17.1 Å². The van der Waals surface area contributed by atoms with E-state index < -0.39 is 12.5 Å². The van der Waals surface area contributed by atoms with Crippen molar-refractivity contribution in [2.75, 3.05) is 13.1 Å². The zero-order valence-corrected chi connectivity index (χ0v) is 17.6. The molecule has 2 aliphatic heterocycles. The van der Waals surface area contributed by atoms with Gasteiger partial charge < -0.3 is 31.5 Å². The second-order valence-electron chi connectivity index (χ2n) is 8.62. The molecule has 0 bridgehead atoms. The molecule has 0 amide bonds. The van der Waals surface area contributed by atoms with Gasteiger partial charge in [-0.15, -0.1) is 25.2 Å². The van der Waals surface area contributed by atoms with Crippen molar-refractivity contribution >= 4 is 0 Å². The summed E-state index contributed by atoms with van der Waals surface area (Å²) in [5.41, 5.74) is 0. The number of hydrogen-bond acceptors (Lipinski definition) is 2. The summed E-state index contributed by atoms with van der Waals surface area (Å²) in [4.78, 5) is 0. The Hall–Kier alpha value is 0.279. The topological polar surface area (TPSA) is 96.9 Å². The molecule has 3 fully saturated rings. The molecule has 2 heterocycles. The van der Waals surface area contributed by atoms with Crippen LogP contribution in [0.5, 0.6) is 0 Å². The van der Waals surface area contributed by atoms with Gasteiger partial charge in [0.2, 0.25) is 0 Å². The number of nitrogens with zero attached hydrogens (tertiary/aromatic N) is 4. The van der Waals surface area contributed by atoms with E-state index in [9.17, 15) is 10.2 Å². The fourth-order valence-electron chi connectivity index (χ4n) is 4.57. The molecule has 0 aromatic rings.